The van der Waals surface area contributed by atoms with Crippen LogP contribution in [0.5, 0.6) is 0 Å². The van der Waals surface area contributed by atoms with Crippen molar-refractivity contribution in [2.24, 2.45) is 0 Å². The molecule has 0 aliphatic carbocycles. The van der Waals surface area contributed by atoms with Crippen LogP contribution in [-0.2, 0) is 6.18 Å². The molecule has 1 aliphatic rings. The van der Waals surface area contributed by atoms with Gasteiger partial charge in [-0.05, 0) is 25.1 Å². The minimum Gasteiger partial charge on any atom is -0.334 e. The van der Waals surface area contributed by atoms with Crippen molar-refractivity contribution in [2.75, 3.05) is 12.3 Å². The fraction of sp³-hybridized carbons (Fsp3) is 0.500. The summed E-state index contributed by atoms with van der Waals surface area (Å²) in [5.41, 5.74) is -1.53. The van der Waals surface area contributed by atoms with Gasteiger partial charge in [-0.1, -0.05) is 6.92 Å². The third kappa shape index (κ3) is 3.33. The van der Waals surface area contributed by atoms with E-state index < -0.39 is 23.5 Å². The molecule has 1 aromatic rings. The maximum Gasteiger partial charge on any atom is 0.419 e. The largest absolute Gasteiger partial charge is 0.419 e. The number of nitrogens with zero attached hydrogens (tertiary/aromatic N) is 1. The standard InChI is InChI=1S/C14H15F4NOS/c1-8-9(2)21-6-5-19(8)13(20)10-3-4-12(15)11(7-10)14(16,17)18/h3-4,7-9H,5-6H2,1-2H3. The molecule has 0 aromatic heterocycles. The van der Waals surface area contributed by atoms with Gasteiger partial charge in [-0.2, -0.15) is 24.9 Å². The summed E-state index contributed by atoms with van der Waals surface area (Å²) in [6, 6.07) is 2.32. The maximum atomic E-state index is 13.3. The monoisotopic (exact) mass is 321 g/mol. The van der Waals surface area contributed by atoms with Gasteiger partial charge in [0.25, 0.3) is 5.91 Å². The predicted octanol–water partition coefficient (Wildman–Crippen LogP) is 3.81. The van der Waals surface area contributed by atoms with E-state index in [9.17, 15) is 22.4 Å². The molecule has 2 nitrogen and oxygen atoms in total. The average Bonchev–Trinajstić information content (AvgIpc) is 2.40. The van der Waals surface area contributed by atoms with Gasteiger partial charge in [-0.25, -0.2) is 4.39 Å². The number of carbonyl (C=O) groups excluding carboxylic acids is 1. The number of carbonyl (C=O) groups is 1. The Labute approximate surface area is 124 Å². The van der Waals surface area contributed by atoms with Crippen LogP contribution in [-0.4, -0.2) is 34.4 Å². The summed E-state index contributed by atoms with van der Waals surface area (Å²) < 4.78 is 51.4. The first-order chi connectivity index (χ1) is 9.71. The van der Waals surface area contributed by atoms with E-state index >= 15 is 0 Å². The number of hydrogen-bond donors (Lipinski definition) is 0. The number of hydrogen-bond acceptors (Lipinski definition) is 2. The minimum absolute atomic E-state index is 0.0735. The van der Waals surface area contributed by atoms with Crippen LogP contribution < -0.4 is 0 Å². The Morgan fingerprint density at radius 2 is 2.00 bits per heavy atom. The molecule has 2 atom stereocenters. The van der Waals surface area contributed by atoms with E-state index in [2.05, 4.69) is 0 Å². The second-order valence-electron chi connectivity index (χ2n) is 5.01. The molecule has 1 heterocycles. The van der Waals surface area contributed by atoms with Gasteiger partial charge in [-0.15, -0.1) is 0 Å². The zero-order chi connectivity index (χ0) is 15.8. The quantitative estimate of drug-likeness (QED) is 0.733. The summed E-state index contributed by atoms with van der Waals surface area (Å²) in [5, 5.41) is 0.213. The smallest absolute Gasteiger partial charge is 0.334 e. The van der Waals surface area contributed by atoms with E-state index in [1.807, 2.05) is 13.8 Å². The number of halogens is 4. The van der Waals surface area contributed by atoms with E-state index in [1.165, 1.54) is 0 Å². The molecule has 0 saturated carbocycles. The molecule has 1 amide bonds. The zero-order valence-electron chi connectivity index (χ0n) is 11.6. The summed E-state index contributed by atoms with van der Waals surface area (Å²) in [6.07, 6.45) is -4.81. The summed E-state index contributed by atoms with van der Waals surface area (Å²) in [6.45, 7) is 4.32. The molecule has 1 fully saturated rings. The second-order valence-corrected chi connectivity index (χ2v) is 6.49. The van der Waals surface area contributed by atoms with Crippen LogP contribution in [0.4, 0.5) is 17.6 Å². The number of rotatable bonds is 1. The van der Waals surface area contributed by atoms with E-state index in [-0.39, 0.29) is 16.9 Å². The van der Waals surface area contributed by atoms with Gasteiger partial charge in [0.2, 0.25) is 0 Å². The molecule has 0 radical (unpaired) electrons. The minimum atomic E-state index is -4.81. The molecule has 2 rings (SSSR count). The molecule has 0 N–H and O–H groups in total. The summed E-state index contributed by atoms with van der Waals surface area (Å²) in [4.78, 5) is 13.9. The van der Waals surface area contributed by atoms with Crippen molar-refractivity contribution >= 4 is 17.7 Å². The highest BCUT2D eigenvalue weighted by atomic mass is 32.2. The van der Waals surface area contributed by atoms with Crippen LogP contribution >= 0.6 is 11.8 Å². The fourth-order valence-electron chi connectivity index (χ4n) is 2.26. The Hall–Kier alpha value is -1.24. The van der Waals surface area contributed by atoms with Crippen molar-refractivity contribution in [3.63, 3.8) is 0 Å². The first-order valence-electron chi connectivity index (χ1n) is 6.51. The lowest BCUT2D eigenvalue weighted by Gasteiger charge is -2.37. The summed E-state index contributed by atoms with van der Waals surface area (Å²) in [7, 11) is 0. The third-order valence-corrected chi connectivity index (χ3v) is 5.00. The first kappa shape index (κ1) is 16.1. The van der Waals surface area contributed by atoms with E-state index in [0.717, 1.165) is 11.8 Å². The topological polar surface area (TPSA) is 20.3 Å². The van der Waals surface area contributed by atoms with Gasteiger partial charge < -0.3 is 4.90 Å². The van der Waals surface area contributed by atoms with Gasteiger partial charge in [0.1, 0.15) is 5.82 Å². The van der Waals surface area contributed by atoms with Crippen LogP contribution in [0.2, 0.25) is 0 Å². The van der Waals surface area contributed by atoms with E-state index in [4.69, 9.17) is 0 Å². The first-order valence-corrected chi connectivity index (χ1v) is 7.56. The van der Waals surface area contributed by atoms with E-state index in [1.54, 1.807) is 16.7 Å². The van der Waals surface area contributed by atoms with Crippen molar-refractivity contribution in [1.82, 2.24) is 4.90 Å². The van der Waals surface area contributed by atoms with Crippen LogP contribution in [0.3, 0.4) is 0 Å². The summed E-state index contributed by atoms with van der Waals surface area (Å²) in [5.74, 6) is -1.11. The van der Waals surface area contributed by atoms with E-state index in [0.29, 0.717) is 18.7 Å². The van der Waals surface area contributed by atoms with Crippen LogP contribution in [0.1, 0.15) is 29.8 Å². The molecule has 1 saturated heterocycles. The highest BCUT2D eigenvalue weighted by Crippen LogP contribution is 2.33. The van der Waals surface area contributed by atoms with Crippen LogP contribution in [0, 0.1) is 5.82 Å². The fourth-order valence-corrected chi connectivity index (χ4v) is 3.36. The Balaban J connectivity index is 2.31. The highest BCUT2D eigenvalue weighted by molar-refractivity contribution is 8.00. The van der Waals surface area contributed by atoms with Crippen molar-refractivity contribution in [3.05, 3.63) is 35.1 Å². The molecule has 7 heteroatoms. The number of alkyl halides is 3. The molecule has 21 heavy (non-hydrogen) atoms. The lowest BCUT2D eigenvalue weighted by molar-refractivity contribution is -0.140. The Morgan fingerprint density at radius 3 is 2.62 bits per heavy atom. The number of amides is 1. The van der Waals surface area contributed by atoms with Crippen molar-refractivity contribution in [2.45, 2.75) is 31.3 Å². The molecule has 1 aromatic carbocycles. The van der Waals surface area contributed by atoms with Gasteiger partial charge in [0, 0.05) is 29.2 Å². The molecule has 0 bridgehead atoms. The molecule has 116 valence electrons. The zero-order valence-corrected chi connectivity index (χ0v) is 12.4. The van der Waals surface area contributed by atoms with Gasteiger partial charge >= 0.3 is 6.18 Å². The van der Waals surface area contributed by atoms with Crippen LogP contribution in [0.15, 0.2) is 18.2 Å². The second kappa shape index (κ2) is 5.87. The molecular formula is C14H15F4NOS. The summed E-state index contributed by atoms with van der Waals surface area (Å²) >= 11 is 1.72. The molecule has 1 aliphatic heterocycles. The lowest BCUT2D eigenvalue weighted by Crippen LogP contribution is -2.48. The normalized spacial score (nSPS) is 23.2. The Kier molecular flexibility index (Phi) is 4.51. The third-order valence-electron chi connectivity index (χ3n) is 3.66. The van der Waals surface area contributed by atoms with Crippen LogP contribution in [0.25, 0.3) is 0 Å². The van der Waals surface area contributed by atoms with Gasteiger partial charge in [-0.3, -0.25) is 4.79 Å². The molecular weight excluding hydrogens is 306 g/mol. The number of benzene rings is 1. The van der Waals surface area contributed by atoms with Crippen molar-refractivity contribution < 1.29 is 22.4 Å². The predicted molar refractivity (Wildman–Crippen MR) is 73.8 cm³/mol. The Morgan fingerprint density at radius 1 is 1.33 bits per heavy atom. The number of thioether (sulfide) groups is 1. The van der Waals surface area contributed by atoms with Gasteiger partial charge in [0.15, 0.2) is 0 Å². The highest BCUT2D eigenvalue weighted by Gasteiger charge is 2.36. The van der Waals surface area contributed by atoms with Crippen molar-refractivity contribution in [3.8, 4) is 0 Å². The maximum absolute atomic E-state index is 13.3. The lowest BCUT2D eigenvalue weighted by atomic mass is 10.1. The Bertz CT molecular complexity index is 546. The van der Waals surface area contributed by atoms with Gasteiger partial charge in [0.05, 0.1) is 5.56 Å². The SMILES string of the molecule is CC1SCCN(C(=O)c2ccc(F)c(C(F)(F)F)c2)C1C. The van der Waals surface area contributed by atoms with Crippen molar-refractivity contribution in [1.29, 1.82) is 0 Å². The average molecular weight is 321 g/mol. The molecule has 2 unspecified atom stereocenters. The molecule has 0 spiro atoms.